The third kappa shape index (κ3) is 1.87. The molecule has 0 radical (unpaired) electrons. The fourth-order valence-corrected chi connectivity index (χ4v) is 1.42. The average Bonchev–Trinajstić information content (AvgIpc) is 2.56. The van der Waals surface area contributed by atoms with Gasteiger partial charge in [0.05, 0.1) is 10.7 Å². The highest BCUT2D eigenvalue weighted by Crippen LogP contribution is 2.17. The Bertz CT molecular complexity index is 471. The molecule has 0 aliphatic carbocycles. The van der Waals surface area contributed by atoms with Crippen LogP contribution in [0.15, 0.2) is 16.9 Å². The van der Waals surface area contributed by atoms with E-state index in [0.29, 0.717) is 5.82 Å². The van der Waals surface area contributed by atoms with Crippen LogP contribution in [0.2, 0.25) is 10.4 Å². The summed E-state index contributed by atoms with van der Waals surface area (Å²) in [6.07, 6.45) is 3.29. The summed E-state index contributed by atoms with van der Waals surface area (Å²) in [5.41, 5.74) is 0. The van der Waals surface area contributed by atoms with Crippen LogP contribution in [0.3, 0.4) is 0 Å². The van der Waals surface area contributed by atoms with Gasteiger partial charge in [0.1, 0.15) is 0 Å². The van der Waals surface area contributed by atoms with E-state index in [0.717, 1.165) is 4.47 Å². The molecule has 8 heteroatoms. The molecule has 2 heterocycles. The van der Waals surface area contributed by atoms with Crippen molar-refractivity contribution in [3.8, 4) is 5.82 Å². The van der Waals surface area contributed by atoms with Crippen LogP contribution in [0.25, 0.3) is 5.82 Å². The molecule has 14 heavy (non-hydrogen) atoms. The summed E-state index contributed by atoms with van der Waals surface area (Å²) in [5, 5.41) is 11.3. The molecule has 0 unspecified atom stereocenters. The van der Waals surface area contributed by atoms with Crippen LogP contribution in [-0.4, -0.2) is 25.0 Å². The van der Waals surface area contributed by atoms with Gasteiger partial charge < -0.3 is 0 Å². The topological polar surface area (TPSA) is 56.5 Å². The molecule has 0 saturated heterocycles. The van der Waals surface area contributed by atoms with Crippen LogP contribution in [0.1, 0.15) is 0 Å². The van der Waals surface area contributed by atoms with E-state index in [2.05, 4.69) is 36.2 Å². The molecule has 0 aromatic carbocycles. The van der Waals surface area contributed by atoms with Gasteiger partial charge in [-0.05, 0) is 27.5 Å². The number of rotatable bonds is 1. The van der Waals surface area contributed by atoms with Crippen molar-refractivity contribution in [1.29, 1.82) is 0 Å². The number of nitrogens with zero attached hydrogens (tertiary/aromatic N) is 5. The Morgan fingerprint density at radius 3 is 2.71 bits per heavy atom. The minimum absolute atomic E-state index is 0.0241. The van der Waals surface area contributed by atoms with Crippen molar-refractivity contribution < 1.29 is 0 Å². The third-order valence-electron chi connectivity index (χ3n) is 1.37. The van der Waals surface area contributed by atoms with Crippen LogP contribution in [-0.2, 0) is 0 Å². The lowest BCUT2D eigenvalue weighted by molar-refractivity contribution is 0.814. The van der Waals surface area contributed by atoms with Crippen molar-refractivity contribution >= 4 is 39.1 Å². The third-order valence-corrected chi connectivity index (χ3v) is 2.19. The van der Waals surface area contributed by atoms with Gasteiger partial charge >= 0.3 is 0 Å². The van der Waals surface area contributed by atoms with E-state index in [1.807, 2.05) is 0 Å². The molecule has 0 bridgehead atoms. The van der Waals surface area contributed by atoms with Gasteiger partial charge in [-0.25, -0.2) is 4.68 Å². The predicted molar refractivity (Wildman–Crippen MR) is 54.7 cm³/mol. The summed E-state index contributed by atoms with van der Waals surface area (Å²) in [5.74, 6) is 0.345. The zero-order valence-corrected chi connectivity index (χ0v) is 9.62. The molecule has 2 aromatic rings. The van der Waals surface area contributed by atoms with E-state index >= 15 is 0 Å². The molecule has 0 aliphatic heterocycles. The highest BCUT2D eigenvalue weighted by atomic mass is 79.9. The first-order valence-corrected chi connectivity index (χ1v) is 4.98. The molecule has 0 fully saturated rings. The lowest BCUT2D eigenvalue weighted by atomic mass is 10.7. The molecule has 0 aliphatic rings. The van der Waals surface area contributed by atoms with Crippen LogP contribution in [0.4, 0.5) is 0 Å². The van der Waals surface area contributed by atoms with Gasteiger partial charge in [0.15, 0.2) is 11.0 Å². The second kappa shape index (κ2) is 3.80. The minimum atomic E-state index is 0.0241. The summed E-state index contributed by atoms with van der Waals surface area (Å²) in [6, 6.07) is 0. The lowest BCUT2D eigenvalue weighted by Gasteiger charge is -2.00. The Labute approximate surface area is 97.2 Å². The van der Waals surface area contributed by atoms with Crippen LogP contribution < -0.4 is 0 Å². The first kappa shape index (κ1) is 9.82. The van der Waals surface area contributed by atoms with Crippen molar-refractivity contribution in [3.05, 3.63) is 27.3 Å². The molecule has 2 aromatic heterocycles. The van der Waals surface area contributed by atoms with Crippen LogP contribution in [0, 0.1) is 0 Å². The molecule has 5 nitrogen and oxygen atoms in total. The molecular weight excluding hydrogens is 293 g/mol. The maximum absolute atomic E-state index is 5.77. The first-order valence-electron chi connectivity index (χ1n) is 3.43. The summed E-state index contributed by atoms with van der Waals surface area (Å²) >= 11 is 14.6. The van der Waals surface area contributed by atoms with E-state index in [1.165, 1.54) is 4.68 Å². The second-order valence-electron chi connectivity index (χ2n) is 2.30. The normalized spacial score (nSPS) is 10.5. The fourth-order valence-electron chi connectivity index (χ4n) is 0.848. The molecule has 0 saturated carbocycles. The monoisotopic (exact) mass is 293 g/mol. The fraction of sp³-hybridized carbons (Fsp3) is 0. The van der Waals surface area contributed by atoms with Gasteiger partial charge in [-0.2, -0.15) is 10.1 Å². The van der Waals surface area contributed by atoms with Crippen molar-refractivity contribution in [2.24, 2.45) is 0 Å². The number of hydrogen-bond acceptors (Lipinski definition) is 4. The first-order chi connectivity index (χ1) is 6.66. The molecular formula is C6H2BrCl2N5. The summed E-state index contributed by atoms with van der Waals surface area (Å²) in [4.78, 5) is 3.90. The van der Waals surface area contributed by atoms with Crippen LogP contribution in [0.5, 0.6) is 0 Å². The summed E-state index contributed by atoms with van der Waals surface area (Å²) < 4.78 is 2.26. The second-order valence-corrected chi connectivity index (χ2v) is 3.91. The zero-order valence-electron chi connectivity index (χ0n) is 6.52. The highest BCUT2D eigenvalue weighted by molar-refractivity contribution is 9.10. The number of hydrogen-bond donors (Lipinski definition) is 0. The Morgan fingerprint density at radius 2 is 2.07 bits per heavy atom. The van der Waals surface area contributed by atoms with Crippen molar-refractivity contribution in [1.82, 2.24) is 25.0 Å². The van der Waals surface area contributed by atoms with E-state index in [1.54, 1.807) is 12.4 Å². The van der Waals surface area contributed by atoms with Gasteiger partial charge in [-0.3, -0.25) is 0 Å². The van der Waals surface area contributed by atoms with Crippen molar-refractivity contribution in [3.63, 3.8) is 0 Å². The van der Waals surface area contributed by atoms with E-state index in [4.69, 9.17) is 23.2 Å². The molecule has 0 atom stereocenters. The Balaban J connectivity index is 2.55. The summed E-state index contributed by atoms with van der Waals surface area (Å²) in [6.45, 7) is 0. The Morgan fingerprint density at radius 1 is 1.29 bits per heavy atom. The number of aromatic nitrogens is 5. The van der Waals surface area contributed by atoms with E-state index < -0.39 is 0 Å². The van der Waals surface area contributed by atoms with Crippen LogP contribution >= 0.6 is 39.1 Å². The largest absolute Gasteiger partial charge is 0.245 e. The van der Waals surface area contributed by atoms with Gasteiger partial charge in [0.2, 0.25) is 5.28 Å². The zero-order chi connectivity index (χ0) is 10.1. The summed E-state index contributed by atoms with van der Waals surface area (Å²) in [7, 11) is 0. The molecule has 72 valence electrons. The van der Waals surface area contributed by atoms with Gasteiger partial charge in [-0.1, -0.05) is 11.6 Å². The highest BCUT2D eigenvalue weighted by Gasteiger charge is 2.09. The van der Waals surface area contributed by atoms with E-state index in [9.17, 15) is 0 Å². The quantitative estimate of drug-likeness (QED) is 0.808. The molecule has 0 amide bonds. The number of halogens is 3. The van der Waals surface area contributed by atoms with E-state index in [-0.39, 0.29) is 10.4 Å². The van der Waals surface area contributed by atoms with Gasteiger partial charge in [-0.15, -0.1) is 10.2 Å². The Hall–Kier alpha value is -0.720. The van der Waals surface area contributed by atoms with Crippen molar-refractivity contribution in [2.75, 3.05) is 0 Å². The van der Waals surface area contributed by atoms with Gasteiger partial charge in [0.25, 0.3) is 0 Å². The SMILES string of the molecule is Clc1nnc(Cl)c(-n2cc(Br)cn2)n1. The predicted octanol–water partition coefficient (Wildman–Crippen LogP) is 2.13. The van der Waals surface area contributed by atoms with Gasteiger partial charge in [0, 0.05) is 6.20 Å². The molecule has 2 rings (SSSR count). The maximum Gasteiger partial charge on any atom is 0.245 e. The van der Waals surface area contributed by atoms with Crippen molar-refractivity contribution in [2.45, 2.75) is 0 Å². The molecule has 0 N–H and O–H groups in total. The maximum atomic E-state index is 5.77. The molecule has 0 spiro atoms. The lowest BCUT2D eigenvalue weighted by Crippen LogP contribution is -2.02. The standard InChI is InChI=1S/C6H2BrCl2N5/c7-3-1-10-14(2-3)5-4(8)12-13-6(9)11-5/h1-2H. The average molecular weight is 295 g/mol. The smallest absolute Gasteiger partial charge is 0.218 e. The minimum Gasteiger partial charge on any atom is -0.218 e. The Kier molecular flexibility index (Phi) is 2.66.